The van der Waals surface area contributed by atoms with Gasteiger partial charge in [-0.2, -0.15) is 0 Å². The second-order valence-electron chi connectivity index (χ2n) is 4.62. The normalized spacial score (nSPS) is 10.4. The largest absolute Gasteiger partial charge is 0.493 e. The van der Waals surface area contributed by atoms with Crippen LogP contribution in [0, 0.1) is 0 Å². The maximum absolute atomic E-state index is 5.79. The van der Waals surface area contributed by atoms with E-state index in [-0.39, 0.29) is 0 Å². The number of thiocarbonyl (C=S) groups is 1. The minimum absolute atomic E-state index is 0.380. The van der Waals surface area contributed by atoms with E-state index < -0.39 is 0 Å². The highest BCUT2D eigenvalue weighted by atomic mass is 79.9. The third-order valence-corrected chi connectivity index (χ3v) is 3.68. The Labute approximate surface area is 129 Å². The van der Waals surface area contributed by atoms with E-state index in [4.69, 9.17) is 22.7 Å². The van der Waals surface area contributed by atoms with Gasteiger partial charge >= 0.3 is 0 Å². The minimum atomic E-state index is 0.380. The van der Waals surface area contributed by atoms with Crippen molar-refractivity contribution in [1.29, 1.82) is 0 Å². The minimum Gasteiger partial charge on any atom is -0.493 e. The number of unbranched alkanes of at least 4 members (excludes halogenated alkanes) is 5. The maximum Gasteiger partial charge on any atom is 0.130 e. The molecule has 1 aromatic carbocycles. The van der Waals surface area contributed by atoms with Gasteiger partial charge in [0, 0.05) is 4.47 Å². The van der Waals surface area contributed by atoms with Crippen LogP contribution in [0.15, 0.2) is 22.7 Å². The summed E-state index contributed by atoms with van der Waals surface area (Å²) in [5, 5.41) is 0. The highest BCUT2D eigenvalue weighted by Crippen LogP contribution is 2.24. The fourth-order valence-electron chi connectivity index (χ4n) is 1.88. The third-order valence-electron chi connectivity index (χ3n) is 2.96. The molecule has 0 amide bonds. The van der Waals surface area contributed by atoms with Gasteiger partial charge in [0.2, 0.25) is 0 Å². The van der Waals surface area contributed by atoms with Crippen LogP contribution in [0.3, 0.4) is 0 Å². The molecule has 0 spiro atoms. The fraction of sp³-hybridized carbons (Fsp3) is 0.533. The van der Waals surface area contributed by atoms with E-state index in [0.29, 0.717) is 4.99 Å². The van der Waals surface area contributed by atoms with Crippen molar-refractivity contribution in [3.05, 3.63) is 28.2 Å². The molecule has 0 heterocycles. The molecule has 0 aliphatic carbocycles. The van der Waals surface area contributed by atoms with E-state index in [9.17, 15) is 0 Å². The molecule has 1 rings (SSSR count). The molecular formula is C15H22BrNOS. The summed E-state index contributed by atoms with van der Waals surface area (Å²) in [7, 11) is 0. The van der Waals surface area contributed by atoms with Gasteiger partial charge in [-0.05, 0) is 24.6 Å². The highest BCUT2D eigenvalue weighted by Gasteiger charge is 2.06. The molecule has 0 aliphatic heterocycles. The van der Waals surface area contributed by atoms with Crippen LogP contribution in [0.2, 0.25) is 0 Å². The van der Waals surface area contributed by atoms with Crippen molar-refractivity contribution in [1.82, 2.24) is 0 Å². The number of nitrogens with two attached hydrogens (primary N) is 1. The molecule has 2 nitrogen and oxygen atoms in total. The van der Waals surface area contributed by atoms with Gasteiger partial charge in [-0.15, -0.1) is 0 Å². The van der Waals surface area contributed by atoms with Gasteiger partial charge in [0.1, 0.15) is 10.7 Å². The predicted octanol–water partition coefficient (Wildman–Crippen LogP) is 4.82. The van der Waals surface area contributed by atoms with Crippen LogP contribution in [0.4, 0.5) is 0 Å². The summed E-state index contributed by atoms with van der Waals surface area (Å²) in [6.45, 7) is 2.95. The van der Waals surface area contributed by atoms with Crippen molar-refractivity contribution < 1.29 is 4.74 Å². The van der Waals surface area contributed by atoms with Gasteiger partial charge < -0.3 is 10.5 Å². The molecule has 0 saturated carbocycles. The number of hydrogen-bond acceptors (Lipinski definition) is 2. The molecule has 0 saturated heterocycles. The average molecular weight is 344 g/mol. The zero-order chi connectivity index (χ0) is 14.1. The van der Waals surface area contributed by atoms with Crippen molar-refractivity contribution >= 4 is 33.1 Å². The Kier molecular flexibility index (Phi) is 8.07. The maximum atomic E-state index is 5.79. The molecule has 0 fully saturated rings. The molecule has 19 heavy (non-hydrogen) atoms. The monoisotopic (exact) mass is 343 g/mol. The van der Waals surface area contributed by atoms with Crippen LogP contribution in [0.1, 0.15) is 51.0 Å². The summed E-state index contributed by atoms with van der Waals surface area (Å²) in [5.74, 6) is 0.774. The molecule has 0 bridgehead atoms. The third kappa shape index (κ3) is 6.39. The molecule has 2 N–H and O–H groups in total. The lowest BCUT2D eigenvalue weighted by Crippen LogP contribution is -2.12. The van der Waals surface area contributed by atoms with Crippen molar-refractivity contribution in [2.24, 2.45) is 5.73 Å². The van der Waals surface area contributed by atoms with Crippen molar-refractivity contribution in [3.63, 3.8) is 0 Å². The molecule has 4 heteroatoms. The summed E-state index contributed by atoms with van der Waals surface area (Å²) in [5.41, 5.74) is 6.50. The lowest BCUT2D eigenvalue weighted by atomic mass is 10.1. The van der Waals surface area contributed by atoms with Crippen molar-refractivity contribution in [2.45, 2.75) is 45.4 Å². The van der Waals surface area contributed by atoms with Gasteiger partial charge in [0.05, 0.1) is 12.2 Å². The van der Waals surface area contributed by atoms with Crippen molar-refractivity contribution in [2.75, 3.05) is 6.61 Å². The first-order valence-electron chi connectivity index (χ1n) is 6.87. The molecule has 0 aromatic heterocycles. The van der Waals surface area contributed by atoms with E-state index in [1.54, 1.807) is 0 Å². The van der Waals surface area contributed by atoms with Gasteiger partial charge in [-0.25, -0.2) is 0 Å². The smallest absolute Gasteiger partial charge is 0.130 e. The van der Waals surface area contributed by atoms with Crippen molar-refractivity contribution in [3.8, 4) is 5.75 Å². The Morgan fingerprint density at radius 3 is 2.58 bits per heavy atom. The summed E-state index contributed by atoms with van der Waals surface area (Å²) >= 11 is 8.46. The van der Waals surface area contributed by atoms with E-state index in [1.165, 1.54) is 32.1 Å². The lowest BCUT2D eigenvalue weighted by Gasteiger charge is -2.11. The van der Waals surface area contributed by atoms with E-state index >= 15 is 0 Å². The molecule has 0 unspecified atom stereocenters. The Hall–Kier alpha value is -0.610. The van der Waals surface area contributed by atoms with Crippen LogP contribution in [-0.4, -0.2) is 11.6 Å². The van der Waals surface area contributed by atoms with Crippen LogP contribution in [0.25, 0.3) is 0 Å². The Bertz CT molecular complexity index is 409. The fourth-order valence-corrected chi connectivity index (χ4v) is 2.39. The quantitative estimate of drug-likeness (QED) is 0.515. The molecule has 106 valence electrons. The molecule has 0 atom stereocenters. The summed E-state index contributed by atoms with van der Waals surface area (Å²) < 4.78 is 6.77. The van der Waals surface area contributed by atoms with Crippen LogP contribution in [0.5, 0.6) is 5.75 Å². The number of halogens is 1. The zero-order valence-electron chi connectivity index (χ0n) is 11.5. The SMILES string of the molecule is CCCCCCCCOc1cc(Br)ccc1C(N)=S. The highest BCUT2D eigenvalue weighted by molar-refractivity contribution is 9.10. The van der Waals surface area contributed by atoms with Crippen LogP contribution < -0.4 is 10.5 Å². The summed E-state index contributed by atoms with van der Waals surface area (Å²) in [6, 6.07) is 5.74. The van der Waals surface area contributed by atoms with Crippen LogP contribution >= 0.6 is 28.1 Å². The standard InChI is InChI=1S/C15H22BrNOS/c1-2-3-4-5-6-7-10-18-14-11-12(16)8-9-13(14)15(17)19/h8-9,11H,2-7,10H2,1H3,(H2,17,19). The second-order valence-corrected chi connectivity index (χ2v) is 5.98. The Morgan fingerprint density at radius 2 is 1.89 bits per heavy atom. The predicted molar refractivity (Wildman–Crippen MR) is 88.9 cm³/mol. The number of hydrogen-bond donors (Lipinski definition) is 1. The lowest BCUT2D eigenvalue weighted by molar-refractivity contribution is 0.303. The molecular weight excluding hydrogens is 322 g/mol. The van der Waals surface area contributed by atoms with Gasteiger partial charge in [-0.3, -0.25) is 0 Å². The van der Waals surface area contributed by atoms with E-state index in [2.05, 4.69) is 22.9 Å². The van der Waals surface area contributed by atoms with E-state index in [1.807, 2.05) is 18.2 Å². The second kappa shape index (κ2) is 9.32. The van der Waals surface area contributed by atoms with Crippen LogP contribution in [-0.2, 0) is 0 Å². The van der Waals surface area contributed by atoms with Gasteiger partial charge in [-0.1, -0.05) is 67.2 Å². The number of benzene rings is 1. The first-order chi connectivity index (χ1) is 9.15. The molecule has 0 radical (unpaired) electrons. The summed E-state index contributed by atoms with van der Waals surface area (Å²) in [4.78, 5) is 0.380. The number of rotatable bonds is 9. The first-order valence-corrected chi connectivity index (χ1v) is 8.07. The Morgan fingerprint density at radius 1 is 1.21 bits per heavy atom. The summed E-state index contributed by atoms with van der Waals surface area (Å²) in [6.07, 6.45) is 7.52. The molecule has 1 aromatic rings. The van der Waals surface area contributed by atoms with Gasteiger partial charge in [0.25, 0.3) is 0 Å². The Balaban J connectivity index is 2.36. The van der Waals surface area contributed by atoms with Gasteiger partial charge in [0.15, 0.2) is 0 Å². The first kappa shape index (κ1) is 16.4. The average Bonchev–Trinajstić information content (AvgIpc) is 2.37. The number of ether oxygens (including phenoxy) is 1. The zero-order valence-corrected chi connectivity index (χ0v) is 13.9. The topological polar surface area (TPSA) is 35.2 Å². The van der Waals surface area contributed by atoms with E-state index in [0.717, 1.165) is 28.8 Å². The molecule has 0 aliphatic rings.